The third-order valence-electron chi connectivity index (χ3n) is 5.74. The number of hydrogen-bond acceptors (Lipinski definition) is 4. The Hall–Kier alpha value is -2.51. The van der Waals surface area contributed by atoms with Gasteiger partial charge >= 0.3 is 0 Å². The molecule has 0 spiro atoms. The minimum atomic E-state index is -3.48. The average molecular weight is 426 g/mol. The zero-order chi connectivity index (χ0) is 21.0. The van der Waals surface area contributed by atoms with Crippen LogP contribution in [0.5, 0.6) is 0 Å². The topological polar surface area (TPSA) is 70.6 Å². The molecule has 2 aliphatic rings. The molecule has 2 aromatic rings. The molecule has 0 N–H and O–H groups in total. The molecule has 7 heteroatoms. The number of benzene rings is 1. The Labute approximate surface area is 178 Å². The van der Waals surface area contributed by atoms with Crippen LogP contribution in [0.2, 0.25) is 0 Å². The standard InChI is InChI=1S/C23H27N3O3S/c27-23(26(22-8-9-22)18-20-7-4-13-24-17-20)21-10-14-25(15-11-21)30(28,29)16-12-19-5-2-1-3-6-19/h1-7,12-13,16-17,21-22H,8-11,14-15,18H2/b16-12+. The largest absolute Gasteiger partial charge is 0.335 e. The van der Waals surface area contributed by atoms with Crippen LogP contribution < -0.4 is 0 Å². The molecule has 1 aliphatic heterocycles. The van der Waals surface area contributed by atoms with E-state index in [-0.39, 0.29) is 11.8 Å². The summed E-state index contributed by atoms with van der Waals surface area (Å²) in [5.41, 5.74) is 1.88. The highest BCUT2D eigenvalue weighted by Crippen LogP contribution is 2.32. The molecule has 0 unspecified atom stereocenters. The van der Waals surface area contributed by atoms with Gasteiger partial charge in [-0.05, 0) is 49.0 Å². The minimum absolute atomic E-state index is 0.119. The molecule has 2 fully saturated rings. The van der Waals surface area contributed by atoms with Crippen molar-refractivity contribution in [1.82, 2.24) is 14.2 Å². The Morgan fingerprint density at radius 2 is 1.80 bits per heavy atom. The maximum atomic E-state index is 13.2. The van der Waals surface area contributed by atoms with Crippen LogP contribution in [0.1, 0.15) is 36.8 Å². The van der Waals surface area contributed by atoms with Gasteiger partial charge in [0.2, 0.25) is 15.9 Å². The van der Waals surface area contributed by atoms with Gasteiger partial charge in [-0.1, -0.05) is 36.4 Å². The van der Waals surface area contributed by atoms with Crippen molar-refractivity contribution in [3.05, 3.63) is 71.4 Å². The summed E-state index contributed by atoms with van der Waals surface area (Å²) in [7, 11) is -3.48. The Bertz CT molecular complexity index is 981. The van der Waals surface area contributed by atoms with Gasteiger partial charge in [0, 0.05) is 49.4 Å². The van der Waals surface area contributed by atoms with Crippen molar-refractivity contribution in [2.45, 2.75) is 38.3 Å². The van der Waals surface area contributed by atoms with E-state index in [1.54, 1.807) is 18.5 Å². The Kier molecular flexibility index (Phi) is 6.29. The second kappa shape index (κ2) is 9.10. The molecule has 1 aromatic heterocycles. The number of nitrogens with zero attached hydrogens (tertiary/aromatic N) is 3. The van der Waals surface area contributed by atoms with Gasteiger partial charge in [-0.2, -0.15) is 4.31 Å². The Morgan fingerprint density at radius 3 is 2.43 bits per heavy atom. The predicted molar refractivity (Wildman–Crippen MR) is 117 cm³/mol. The maximum Gasteiger partial charge on any atom is 0.236 e. The monoisotopic (exact) mass is 425 g/mol. The molecule has 0 atom stereocenters. The Morgan fingerprint density at radius 1 is 1.07 bits per heavy atom. The molecule has 30 heavy (non-hydrogen) atoms. The van der Waals surface area contributed by atoms with Crippen LogP contribution in [-0.2, 0) is 21.4 Å². The molecular weight excluding hydrogens is 398 g/mol. The van der Waals surface area contributed by atoms with Gasteiger partial charge in [-0.15, -0.1) is 0 Å². The number of rotatable bonds is 7. The first-order valence-electron chi connectivity index (χ1n) is 10.5. The number of aromatic nitrogens is 1. The van der Waals surface area contributed by atoms with Crippen LogP contribution in [0.25, 0.3) is 6.08 Å². The van der Waals surface area contributed by atoms with Crippen molar-refractivity contribution in [2.24, 2.45) is 5.92 Å². The molecule has 1 aliphatic carbocycles. The van der Waals surface area contributed by atoms with Crippen molar-refractivity contribution in [1.29, 1.82) is 0 Å². The van der Waals surface area contributed by atoms with E-state index >= 15 is 0 Å². The van der Waals surface area contributed by atoms with Gasteiger partial charge in [0.15, 0.2) is 0 Å². The van der Waals surface area contributed by atoms with E-state index in [2.05, 4.69) is 4.98 Å². The zero-order valence-corrected chi connectivity index (χ0v) is 17.7. The van der Waals surface area contributed by atoms with Crippen molar-refractivity contribution in [3.63, 3.8) is 0 Å². The second-order valence-corrected chi connectivity index (χ2v) is 9.81. The van der Waals surface area contributed by atoms with Crippen LogP contribution >= 0.6 is 0 Å². The number of sulfonamides is 1. The molecule has 0 radical (unpaired) electrons. The van der Waals surface area contributed by atoms with Crippen LogP contribution in [0, 0.1) is 5.92 Å². The lowest BCUT2D eigenvalue weighted by molar-refractivity contribution is -0.138. The molecule has 1 saturated heterocycles. The highest BCUT2D eigenvalue weighted by Gasteiger charge is 2.38. The molecule has 1 aromatic carbocycles. The number of piperidine rings is 1. The van der Waals surface area contributed by atoms with Gasteiger partial charge in [-0.25, -0.2) is 8.42 Å². The highest BCUT2D eigenvalue weighted by atomic mass is 32.2. The lowest BCUT2D eigenvalue weighted by Crippen LogP contribution is -2.44. The number of carbonyl (C=O) groups excluding carboxylic acids is 1. The lowest BCUT2D eigenvalue weighted by atomic mass is 9.96. The van der Waals surface area contributed by atoms with E-state index in [1.165, 1.54) is 9.71 Å². The summed E-state index contributed by atoms with van der Waals surface area (Å²) in [6.45, 7) is 1.34. The van der Waals surface area contributed by atoms with E-state index in [1.807, 2.05) is 47.4 Å². The van der Waals surface area contributed by atoms with Crippen LogP contribution in [0.15, 0.2) is 60.3 Å². The predicted octanol–water partition coefficient (Wildman–Crippen LogP) is 3.29. The third kappa shape index (κ3) is 5.15. The molecule has 6 nitrogen and oxygen atoms in total. The van der Waals surface area contributed by atoms with E-state index in [4.69, 9.17) is 0 Å². The molecule has 1 saturated carbocycles. The van der Waals surface area contributed by atoms with Crippen molar-refractivity contribution >= 4 is 22.0 Å². The fraction of sp³-hybridized carbons (Fsp3) is 0.391. The number of hydrogen-bond donors (Lipinski definition) is 0. The maximum absolute atomic E-state index is 13.2. The molecule has 4 rings (SSSR count). The smallest absolute Gasteiger partial charge is 0.236 e. The molecular formula is C23H27N3O3S. The van der Waals surface area contributed by atoms with Gasteiger partial charge in [0.25, 0.3) is 0 Å². The Balaban J connectivity index is 1.36. The zero-order valence-electron chi connectivity index (χ0n) is 16.9. The summed E-state index contributed by atoms with van der Waals surface area (Å²) in [5, 5.41) is 1.27. The number of pyridine rings is 1. The summed E-state index contributed by atoms with van der Waals surface area (Å²) in [6.07, 6.45) is 8.37. The van der Waals surface area contributed by atoms with E-state index in [9.17, 15) is 13.2 Å². The molecule has 2 heterocycles. The first kappa shape index (κ1) is 20.8. The summed E-state index contributed by atoms with van der Waals surface area (Å²) in [6, 6.07) is 13.6. The lowest BCUT2D eigenvalue weighted by Gasteiger charge is -2.33. The summed E-state index contributed by atoms with van der Waals surface area (Å²) in [4.78, 5) is 19.3. The minimum Gasteiger partial charge on any atom is -0.335 e. The highest BCUT2D eigenvalue weighted by molar-refractivity contribution is 7.92. The summed E-state index contributed by atoms with van der Waals surface area (Å²) < 4.78 is 26.8. The van der Waals surface area contributed by atoms with Gasteiger partial charge < -0.3 is 4.90 Å². The normalized spacial score (nSPS) is 18.5. The molecule has 158 valence electrons. The second-order valence-electron chi connectivity index (χ2n) is 7.99. The third-order valence-corrected chi connectivity index (χ3v) is 7.31. The van der Waals surface area contributed by atoms with E-state index in [0.29, 0.717) is 38.5 Å². The van der Waals surface area contributed by atoms with Crippen molar-refractivity contribution in [2.75, 3.05) is 13.1 Å². The summed E-state index contributed by atoms with van der Waals surface area (Å²) >= 11 is 0. The first-order valence-corrected chi connectivity index (χ1v) is 12.0. The van der Waals surface area contributed by atoms with Crippen LogP contribution in [0.3, 0.4) is 0 Å². The van der Waals surface area contributed by atoms with Crippen molar-refractivity contribution in [3.8, 4) is 0 Å². The SMILES string of the molecule is O=C(C1CCN(S(=O)(=O)/C=C/c2ccccc2)CC1)N(Cc1cccnc1)C1CC1. The fourth-order valence-electron chi connectivity index (χ4n) is 3.87. The van der Waals surface area contributed by atoms with Gasteiger partial charge in [0.05, 0.1) is 0 Å². The number of carbonyl (C=O) groups is 1. The van der Waals surface area contributed by atoms with Crippen LogP contribution in [0.4, 0.5) is 0 Å². The average Bonchev–Trinajstić information content (AvgIpc) is 3.62. The molecule has 0 bridgehead atoms. The molecule has 1 amide bonds. The van der Waals surface area contributed by atoms with Crippen LogP contribution in [-0.4, -0.2) is 47.6 Å². The summed E-state index contributed by atoms with van der Waals surface area (Å²) in [5.74, 6) is 0.0325. The van der Waals surface area contributed by atoms with E-state index < -0.39 is 10.0 Å². The first-order chi connectivity index (χ1) is 14.5. The fourth-order valence-corrected chi connectivity index (χ4v) is 5.09. The van der Waals surface area contributed by atoms with Crippen molar-refractivity contribution < 1.29 is 13.2 Å². The van der Waals surface area contributed by atoms with Gasteiger partial charge in [0.1, 0.15) is 0 Å². The number of amides is 1. The van der Waals surface area contributed by atoms with Gasteiger partial charge in [-0.3, -0.25) is 9.78 Å². The van der Waals surface area contributed by atoms with E-state index in [0.717, 1.165) is 24.0 Å². The quantitative estimate of drug-likeness (QED) is 0.683.